The molecule has 208 valence electrons. The quantitative estimate of drug-likeness (QED) is 0.405. The molecule has 1 saturated carbocycles. The summed E-state index contributed by atoms with van der Waals surface area (Å²) >= 11 is 0. The van der Waals surface area contributed by atoms with Gasteiger partial charge in [0, 0.05) is 31.0 Å². The van der Waals surface area contributed by atoms with E-state index >= 15 is 0 Å². The smallest absolute Gasteiger partial charge is 0.370 e. The van der Waals surface area contributed by atoms with Crippen molar-refractivity contribution in [3.63, 3.8) is 0 Å². The minimum Gasteiger partial charge on any atom is -0.370 e. The number of benzene rings is 2. The van der Waals surface area contributed by atoms with Crippen LogP contribution in [0.25, 0.3) is 0 Å². The van der Waals surface area contributed by atoms with Gasteiger partial charge >= 0.3 is 12.4 Å². The van der Waals surface area contributed by atoms with E-state index in [2.05, 4.69) is 10.2 Å². The molecule has 1 aliphatic heterocycles. The highest BCUT2D eigenvalue weighted by molar-refractivity contribution is 5.78. The summed E-state index contributed by atoms with van der Waals surface area (Å²) in [5.74, 6) is -0.757. The Morgan fingerprint density at radius 1 is 0.974 bits per heavy atom. The van der Waals surface area contributed by atoms with E-state index in [4.69, 9.17) is 4.74 Å². The van der Waals surface area contributed by atoms with Crippen molar-refractivity contribution in [3.05, 3.63) is 70.5 Å². The van der Waals surface area contributed by atoms with Gasteiger partial charge in [0.15, 0.2) is 0 Å². The van der Waals surface area contributed by atoms with Crippen molar-refractivity contribution < 1.29 is 40.3 Å². The van der Waals surface area contributed by atoms with Gasteiger partial charge in [-0.25, -0.2) is 4.39 Å². The van der Waals surface area contributed by atoms with Crippen LogP contribution in [0.5, 0.6) is 0 Å². The van der Waals surface area contributed by atoms with Gasteiger partial charge in [0.25, 0.3) is 0 Å². The Morgan fingerprint density at radius 2 is 1.58 bits per heavy atom. The maximum absolute atomic E-state index is 13.7. The first-order valence-electron chi connectivity index (χ1n) is 12.4. The third-order valence-electron chi connectivity index (χ3n) is 7.43. The van der Waals surface area contributed by atoms with Crippen LogP contribution < -0.4 is 5.32 Å². The zero-order chi connectivity index (χ0) is 27.8. The number of rotatable bonds is 7. The van der Waals surface area contributed by atoms with Crippen molar-refractivity contribution in [1.29, 1.82) is 0 Å². The molecule has 0 aromatic heterocycles. The summed E-state index contributed by atoms with van der Waals surface area (Å²) in [6, 6.07) is 7.22. The van der Waals surface area contributed by atoms with Crippen LogP contribution in [-0.4, -0.2) is 42.6 Å². The first-order valence-corrected chi connectivity index (χ1v) is 12.4. The van der Waals surface area contributed by atoms with Gasteiger partial charge in [-0.3, -0.25) is 4.79 Å². The minimum absolute atomic E-state index is 0.0146. The van der Waals surface area contributed by atoms with Crippen LogP contribution in [0.4, 0.5) is 30.7 Å². The van der Waals surface area contributed by atoms with Crippen molar-refractivity contribution in [2.45, 2.75) is 75.2 Å². The average Bonchev–Trinajstić information content (AvgIpc) is 3.44. The van der Waals surface area contributed by atoms with E-state index in [9.17, 15) is 35.5 Å². The number of hydrogen-bond acceptors (Lipinski definition) is 3. The molecule has 0 radical (unpaired) electrons. The summed E-state index contributed by atoms with van der Waals surface area (Å²) in [5, 5.41) is 2.92. The number of ether oxygens (including phenoxy) is 1. The molecule has 2 aromatic rings. The van der Waals surface area contributed by atoms with Crippen LogP contribution in [0.15, 0.2) is 42.5 Å². The molecule has 2 aliphatic rings. The number of halogens is 7. The normalized spacial score (nSPS) is 25.2. The third-order valence-corrected chi connectivity index (χ3v) is 7.43. The molecule has 5 atom stereocenters. The summed E-state index contributed by atoms with van der Waals surface area (Å²) in [5.41, 5.74) is -2.25. The fraction of sp³-hybridized carbons (Fsp3) is 0.519. The first-order chi connectivity index (χ1) is 17.7. The van der Waals surface area contributed by atoms with Gasteiger partial charge in [-0.2, -0.15) is 26.3 Å². The van der Waals surface area contributed by atoms with E-state index in [1.807, 2.05) is 7.05 Å². The summed E-state index contributed by atoms with van der Waals surface area (Å²) < 4.78 is 100. The lowest BCUT2D eigenvalue weighted by Crippen LogP contribution is -2.43. The fourth-order valence-electron chi connectivity index (χ4n) is 5.56. The second kappa shape index (κ2) is 10.8. The summed E-state index contributed by atoms with van der Waals surface area (Å²) in [6.07, 6.45) is -9.21. The molecular formula is C27H29F7N2O2. The molecule has 11 heteroatoms. The zero-order valence-corrected chi connectivity index (χ0v) is 20.9. The maximum Gasteiger partial charge on any atom is 0.416 e. The molecule has 1 amide bonds. The van der Waals surface area contributed by atoms with E-state index in [0.717, 1.165) is 5.56 Å². The lowest BCUT2D eigenvalue weighted by atomic mass is 9.91. The van der Waals surface area contributed by atoms with Crippen LogP contribution in [0.1, 0.15) is 66.9 Å². The van der Waals surface area contributed by atoms with E-state index in [1.54, 1.807) is 12.1 Å². The Hall–Kier alpha value is -2.66. The van der Waals surface area contributed by atoms with Crippen LogP contribution in [0.2, 0.25) is 0 Å². The highest BCUT2D eigenvalue weighted by Gasteiger charge is 2.42. The molecule has 4 rings (SSSR count). The molecule has 2 aromatic carbocycles. The lowest BCUT2D eigenvalue weighted by molar-refractivity contribution is -0.143. The molecule has 4 nitrogen and oxygen atoms in total. The number of carbonyl (C=O) groups is 1. The van der Waals surface area contributed by atoms with Gasteiger partial charge in [0.2, 0.25) is 5.91 Å². The molecule has 0 spiro atoms. The Balaban J connectivity index is 1.60. The Labute approximate surface area is 216 Å². The van der Waals surface area contributed by atoms with Crippen molar-refractivity contribution in [2.75, 3.05) is 13.6 Å². The average molecular weight is 547 g/mol. The molecule has 0 unspecified atom stereocenters. The number of carbonyl (C=O) groups excluding carboxylic acids is 1. The molecule has 1 aliphatic carbocycles. The van der Waals surface area contributed by atoms with Crippen molar-refractivity contribution in [2.24, 2.45) is 0 Å². The Morgan fingerprint density at radius 3 is 2.11 bits per heavy atom. The summed E-state index contributed by atoms with van der Waals surface area (Å²) in [4.78, 5) is 13.7. The predicted molar refractivity (Wildman–Crippen MR) is 126 cm³/mol. The molecule has 1 saturated heterocycles. The van der Waals surface area contributed by atoms with E-state index in [0.29, 0.717) is 44.4 Å². The third kappa shape index (κ3) is 6.48. The molecule has 1 N–H and O–H groups in total. The van der Waals surface area contributed by atoms with Crippen LogP contribution in [-0.2, 0) is 21.9 Å². The molecule has 1 heterocycles. The Bertz CT molecular complexity index is 1100. The standard InChI is InChI=1S/C27H29F7N2O2/c1-15(17-11-18(26(29,30)31)13-19(12-17)27(32,33)34)38-23-9-8-22(25(23)16-3-5-20(28)6-4-16)36(2)14-21-7-10-24(37)35-21/h3-6,11-13,15,21-23,25H,7-10,14H2,1-2H3,(H,35,37)/t15-,21+,22-,23+,25+/m1/s1. The maximum atomic E-state index is 13.7. The topological polar surface area (TPSA) is 41.6 Å². The highest BCUT2D eigenvalue weighted by atomic mass is 19.4. The first kappa shape index (κ1) is 28.4. The van der Waals surface area contributed by atoms with Gasteiger partial charge in [0.1, 0.15) is 5.82 Å². The largest absolute Gasteiger partial charge is 0.416 e. The van der Waals surface area contributed by atoms with Crippen molar-refractivity contribution in [1.82, 2.24) is 10.2 Å². The van der Waals surface area contributed by atoms with Crippen LogP contribution in [0, 0.1) is 5.82 Å². The Kier molecular flexibility index (Phi) is 8.09. The summed E-state index contributed by atoms with van der Waals surface area (Å²) in [7, 11) is 1.90. The number of nitrogens with zero attached hydrogens (tertiary/aromatic N) is 1. The summed E-state index contributed by atoms with van der Waals surface area (Å²) in [6.45, 7) is 2.00. The van der Waals surface area contributed by atoms with Gasteiger partial charge in [-0.1, -0.05) is 12.1 Å². The minimum atomic E-state index is -4.96. The van der Waals surface area contributed by atoms with E-state index in [1.165, 1.54) is 19.1 Å². The number of nitrogens with one attached hydrogen (secondary N) is 1. The molecule has 0 bridgehead atoms. The molecular weight excluding hydrogens is 517 g/mol. The highest BCUT2D eigenvalue weighted by Crippen LogP contribution is 2.43. The van der Waals surface area contributed by atoms with E-state index < -0.39 is 41.5 Å². The van der Waals surface area contributed by atoms with Crippen LogP contribution in [0.3, 0.4) is 0 Å². The van der Waals surface area contributed by atoms with Gasteiger partial charge in [-0.15, -0.1) is 0 Å². The van der Waals surface area contributed by atoms with E-state index in [-0.39, 0.29) is 35.5 Å². The predicted octanol–water partition coefficient (Wildman–Crippen LogP) is 6.47. The second-order valence-electron chi connectivity index (χ2n) is 10.1. The van der Waals surface area contributed by atoms with Crippen LogP contribution >= 0.6 is 0 Å². The van der Waals surface area contributed by atoms with Crippen molar-refractivity contribution >= 4 is 5.91 Å². The number of likely N-dealkylation sites (N-methyl/N-ethyl adjacent to an activating group) is 1. The second-order valence-corrected chi connectivity index (χ2v) is 10.1. The lowest BCUT2D eigenvalue weighted by Gasteiger charge is -2.34. The van der Waals surface area contributed by atoms with Gasteiger partial charge in [-0.05, 0) is 74.7 Å². The molecule has 2 fully saturated rings. The monoisotopic (exact) mass is 546 g/mol. The van der Waals surface area contributed by atoms with Crippen molar-refractivity contribution in [3.8, 4) is 0 Å². The fourth-order valence-corrected chi connectivity index (χ4v) is 5.56. The number of hydrogen-bond donors (Lipinski definition) is 1. The number of alkyl halides is 6. The SMILES string of the molecule is C[C@@H](O[C@H]1CC[C@@H](N(C)C[C@@H]2CCC(=O)N2)[C@@H]1c1ccc(F)cc1)c1cc(C(F)(F)F)cc(C(F)(F)F)c1. The van der Waals surface area contributed by atoms with Gasteiger partial charge in [0.05, 0.1) is 23.3 Å². The number of amides is 1. The molecule has 38 heavy (non-hydrogen) atoms. The van der Waals surface area contributed by atoms with Gasteiger partial charge < -0.3 is 15.0 Å². The zero-order valence-electron chi connectivity index (χ0n) is 20.9.